The zero-order valence-corrected chi connectivity index (χ0v) is 11.5. The van der Waals surface area contributed by atoms with Crippen molar-refractivity contribution < 1.29 is 49.6 Å². The average Bonchev–Trinajstić information content (AvgIpc) is 2.96. The minimum absolute atomic E-state index is 0.0842. The summed E-state index contributed by atoms with van der Waals surface area (Å²) >= 11 is 0. The van der Waals surface area contributed by atoms with E-state index >= 15 is 0 Å². The van der Waals surface area contributed by atoms with Gasteiger partial charge in [0.05, 0.1) is 13.2 Å². The molecular formula is C12H20O10. The van der Waals surface area contributed by atoms with Crippen LogP contribution in [0.4, 0.5) is 0 Å². The number of hydrogen-bond donors (Lipinski definition) is 6. The maximum absolute atomic E-state index is 10.0. The second-order valence-corrected chi connectivity index (χ2v) is 5.66. The van der Waals surface area contributed by atoms with Crippen molar-refractivity contribution in [1.29, 1.82) is 0 Å². The molecule has 2 bridgehead atoms. The summed E-state index contributed by atoms with van der Waals surface area (Å²) in [7, 11) is 0. The second kappa shape index (κ2) is 6.24. The first-order valence-corrected chi connectivity index (χ1v) is 7.03. The smallest absolute Gasteiger partial charge is 0.187 e. The molecule has 10 nitrogen and oxygen atoms in total. The Balaban J connectivity index is 1.71. The van der Waals surface area contributed by atoms with E-state index in [-0.39, 0.29) is 6.61 Å². The van der Waals surface area contributed by atoms with Crippen LogP contribution in [0.1, 0.15) is 0 Å². The van der Waals surface area contributed by atoms with Crippen LogP contribution in [-0.2, 0) is 18.9 Å². The molecule has 22 heavy (non-hydrogen) atoms. The van der Waals surface area contributed by atoms with E-state index in [1.165, 1.54) is 0 Å². The molecule has 0 amide bonds. The molecule has 0 saturated carbocycles. The van der Waals surface area contributed by atoms with E-state index in [9.17, 15) is 25.5 Å². The Kier molecular flexibility index (Phi) is 4.67. The predicted octanol–water partition coefficient (Wildman–Crippen LogP) is -4.35. The van der Waals surface area contributed by atoms with Gasteiger partial charge in [-0.15, -0.1) is 0 Å². The van der Waals surface area contributed by atoms with Gasteiger partial charge in [-0.1, -0.05) is 0 Å². The average molecular weight is 324 g/mol. The molecular weight excluding hydrogens is 304 g/mol. The topological polar surface area (TPSA) is 158 Å². The van der Waals surface area contributed by atoms with E-state index in [4.69, 9.17) is 24.1 Å². The lowest BCUT2D eigenvalue weighted by atomic mass is 9.98. The second-order valence-electron chi connectivity index (χ2n) is 5.66. The van der Waals surface area contributed by atoms with Crippen LogP contribution >= 0.6 is 0 Å². The first-order valence-electron chi connectivity index (χ1n) is 7.03. The highest BCUT2D eigenvalue weighted by Crippen LogP contribution is 2.32. The molecule has 3 heterocycles. The van der Waals surface area contributed by atoms with Crippen molar-refractivity contribution in [3.8, 4) is 0 Å². The minimum Gasteiger partial charge on any atom is -0.394 e. The lowest BCUT2D eigenvalue weighted by Crippen LogP contribution is -2.62. The van der Waals surface area contributed by atoms with Crippen molar-refractivity contribution in [3.63, 3.8) is 0 Å². The monoisotopic (exact) mass is 324 g/mol. The van der Waals surface area contributed by atoms with Crippen LogP contribution in [0.2, 0.25) is 0 Å². The summed E-state index contributed by atoms with van der Waals surface area (Å²) in [6, 6.07) is 0. The van der Waals surface area contributed by atoms with Crippen LogP contribution in [0, 0.1) is 0 Å². The van der Waals surface area contributed by atoms with Crippen LogP contribution in [0.5, 0.6) is 0 Å². The van der Waals surface area contributed by atoms with Gasteiger partial charge >= 0.3 is 0 Å². The van der Waals surface area contributed by atoms with Gasteiger partial charge in [0.25, 0.3) is 0 Å². The number of aliphatic hydroxyl groups is 6. The van der Waals surface area contributed by atoms with Gasteiger partial charge in [0.15, 0.2) is 12.6 Å². The van der Waals surface area contributed by atoms with Gasteiger partial charge < -0.3 is 49.6 Å². The quantitative estimate of drug-likeness (QED) is 0.299. The fourth-order valence-corrected chi connectivity index (χ4v) is 2.87. The molecule has 6 N–H and O–H groups in total. The SMILES string of the molecule is OC[C@H]1O[C@@H](O[C@H]2[C@H](O)[C@@H](O)[C@@H]3OC[C@H]2O3)[C@H](O)[C@@H](O)[C@@H]1O. The molecule has 3 saturated heterocycles. The molecule has 3 rings (SSSR count). The van der Waals surface area contributed by atoms with Gasteiger partial charge in [-0.2, -0.15) is 0 Å². The first-order chi connectivity index (χ1) is 10.4. The Morgan fingerprint density at radius 3 is 2.27 bits per heavy atom. The van der Waals surface area contributed by atoms with E-state index in [0.29, 0.717) is 0 Å². The van der Waals surface area contributed by atoms with Crippen LogP contribution in [0.15, 0.2) is 0 Å². The lowest BCUT2D eigenvalue weighted by molar-refractivity contribution is -0.337. The van der Waals surface area contributed by atoms with Crippen LogP contribution < -0.4 is 0 Å². The zero-order valence-electron chi connectivity index (χ0n) is 11.5. The molecule has 0 unspecified atom stereocenters. The summed E-state index contributed by atoms with van der Waals surface area (Å²) < 4.78 is 21.1. The van der Waals surface area contributed by atoms with Gasteiger partial charge in [-0.25, -0.2) is 0 Å². The van der Waals surface area contributed by atoms with Crippen molar-refractivity contribution in [2.24, 2.45) is 0 Å². The zero-order chi connectivity index (χ0) is 16.0. The molecule has 0 aromatic rings. The molecule has 0 radical (unpaired) electrons. The number of fused-ring (bicyclic) bond motifs is 2. The molecule has 128 valence electrons. The largest absolute Gasteiger partial charge is 0.394 e. The summed E-state index contributed by atoms with van der Waals surface area (Å²) in [6.07, 6.45) is -12.5. The number of ether oxygens (including phenoxy) is 4. The van der Waals surface area contributed by atoms with Gasteiger partial charge in [-0.3, -0.25) is 0 Å². The van der Waals surface area contributed by atoms with Gasteiger partial charge in [0, 0.05) is 0 Å². The Hall–Kier alpha value is -0.400. The molecule has 3 fully saturated rings. The Bertz CT molecular complexity index is 392. The Morgan fingerprint density at radius 1 is 0.864 bits per heavy atom. The molecule has 0 aliphatic carbocycles. The summed E-state index contributed by atoms with van der Waals surface area (Å²) in [5, 5.41) is 58.3. The van der Waals surface area contributed by atoms with Crippen LogP contribution in [0.25, 0.3) is 0 Å². The third kappa shape index (κ3) is 2.65. The molecule has 0 spiro atoms. The van der Waals surface area contributed by atoms with Gasteiger partial charge in [-0.05, 0) is 0 Å². The number of rotatable bonds is 3. The van der Waals surface area contributed by atoms with Gasteiger partial charge in [0.1, 0.15) is 48.8 Å². The highest BCUT2D eigenvalue weighted by atomic mass is 16.8. The summed E-state index contributed by atoms with van der Waals surface area (Å²) in [6.45, 7) is -0.507. The normalized spacial score (nSPS) is 55.4. The van der Waals surface area contributed by atoms with E-state index < -0.39 is 68.0 Å². The minimum atomic E-state index is -1.60. The van der Waals surface area contributed by atoms with E-state index in [1.807, 2.05) is 0 Å². The molecule has 0 aromatic carbocycles. The highest BCUT2D eigenvalue weighted by molar-refractivity contribution is 4.96. The molecule has 0 aromatic heterocycles. The van der Waals surface area contributed by atoms with Crippen molar-refractivity contribution >= 4 is 0 Å². The fourth-order valence-electron chi connectivity index (χ4n) is 2.87. The third-order valence-corrected chi connectivity index (χ3v) is 4.21. The van der Waals surface area contributed by atoms with E-state index in [2.05, 4.69) is 0 Å². The lowest BCUT2D eigenvalue weighted by Gasteiger charge is -2.43. The maximum atomic E-state index is 10.0. The molecule has 3 aliphatic rings. The van der Waals surface area contributed by atoms with Crippen molar-refractivity contribution in [2.45, 2.75) is 61.4 Å². The molecule has 10 atom stereocenters. The van der Waals surface area contributed by atoms with Crippen molar-refractivity contribution in [2.75, 3.05) is 13.2 Å². The van der Waals surface area contributed by atoms with Gasteiger partial charge in [0.2, 0.25) is 0 Å². The van der Waals surface area contributed by atoms with Crippen LogP contribution in [-0.4, -0.2) is 105 Å². The summed E-state index contributed by atoms with van der Waals surface area (Å²) in [5.41, 5.74) is 0. The number of aliphatic hydroxyl groups excluding tert-OH is 6. The van der Waals surface area contributed by atoms with E-state index in [0.717, 1.165) is 0 Å². The maximum Gasteiger partial charge on any atom is 0.187 e. The molecule has 3 aliphatic heterocycles. The first kappa shape index (κ1) is 16.5. The Labute approximate surface area is 125 Å². The number of hydrogen-bond acceptors (Lipinski definition) is 10. The summed E-state index contributed by atoms with van der Waals surface area (Å²) in [4.78, 5) is 0. The predicted molar refractivity (Wildman–Crippen MR) is 65.3 cm³/mol. The fraction of sp³-hybridized carbons (Fsp3) is 1.00. The van der Waals surface area contributed by atoms with Crippen LogP contribution in [0.3, 0.4) is 0 Å². The standard InChI is InChI=1S/C12H20O10/c13-1-3-5(14)6(15)8(17)12(20-3)22-10-4-2-19-11(21-4)9(18)7(10)16/h3-18H,1-2H2/t3-,4-,5-,6+,7-,8-,9-,10-,11-,12+/m1/s1. The van der Waals surface area contributed by atoms with E-state index in [1.54, 1.807) is 0 Å². The summed E-state index contributed by atoms with van der Waals surface area (Å²) in [5.74, 6) is 0. The Morgan fingerprint density at radius 2 is 1.59 bits per heavy atom. The van der Waals surface area contributed by atoms with Crippen molar-refractivity contribution in [1.82, 2.24) is 0 Å². The third-order valence-electron chi connectivity index (χ3n) is 4.21. The molecule has 10 heteroatoms. The van der Waals surface area contributed by atoms with Crippen molar-refractivity contribution in [3.05, 3.63) is 0 Å². The highest BCUT2D eigenvalue weighted by Gasteiger charge is 2.53.